The third-order valence-electron chi connectivity index (χ3n) is 2.07. The number of benzene rings is 1. The molecule has 0 aliphatic rings. The highest BCUT2D eigenvalue weighted by Crippen LogP contribution is 2.31. The lowest BCUT2D eigenvalue weighted by Crippen LogP contribution is -2.05. The smallest absolute Gasteiger partial charge is 0.387 e. The minimum Gasteiger partial charge on any atom is -0.433 e. The van der Waals surface area contributed by atoms with Gasteiger partial charge in [-0.1, -0.05) is 12.1 Å². The molecule has 0 spiro atoms. The lowest BCUT2D eigenvalue weighted by Gasteiger charge is -2.12. The van der Waals surface area contributed by atoms with E-state index in [4.69, 9.17) is 11.6 Å². The largest absolute Gasteiger partial charge is 0.433 e. The van der Waals surface area contributed by atoms with Crippen molar-refractivity contribution < 1.29 is 13.5 Å². The Hall–Kier alpha value is -1.47. The lowest BCUT2D eigenvalue weighted by atomic mass is 10.3. The van der Waals surface area contributed by atoms with Crippen LogP contribution in [-0.4, -0.2) is 16.6 Å². The van der Waals surface area contributed by atoms with E-state index < -0.39 is 6.61 Å². The average Bonchev–Trinajstić information content (AvgIpc) is 2.35. The molecule has 0 radical (unpaired) electrons. The fourth-order valence-electron chi connectivity index (χ4n) is 1.33. The van der Waals surface area contributed by atoms with Crippen LogP contribution in [0.2, 0.25) is 5.28 Å². The van der Waals surface area contributed by atoms with Gasteiger partial charge in [0.2, 0.25) is 5.28 Å². The Balaban J connectivity index is 2.30. The highest BCUT2D eigenvalue weighted by Gasteiger charge is 2.11. The van der Waals surface area contributed by atoms with Gasteiger partial charge in [-0.05, 0) is 39.7 Å². The van der Waals surface area contributed by atoms with Crippen LogP contribution in [0.4, 0.5) is 20.3 Å². The maximum absolute atomic E-state index is 12.3. The predicted octanol–water partition coefficient (Wildman–Crippen LogP) is 4.24. The van der Waals surface area contributed by atoms with E-state index in [1.165, 1.54) is 12.3 Å². The fourth-order valence-corrected chi connectivity index (χ4v) is 1.75. The van der Waals surface area contributed by atoms with Crippen molar-refractivity contribution in [3.63, 3.8) is 0 Å². The fraction of sp³-hybridized carbons (Fsp3) is 0.0909. The van der Waals surface area contributed by atoms with Gasteiger partial charge < -0.3 is 10.1 Å². The first-order valence-electron chi connectivity index (χ1n) is 5.05. The predicted molar refractivity (Wildman–Crippen MR) is 71.1 cm³/mol. The normalized spacial score (nSPS) is 10.6. The molecule has 19 heavy (non-hydrogen) atoms. The zero-order valence-electron chi connectivity index (χ0n) is 9.28. The molecule has 2 rings (SSSR count). The number of para-hydroxylation sites is 2. The van der Waals surface area contributed by atoms with E-state index in [0.717, 1.165) is 0 Å². The van der Waals surface area contributed by atoms with E-state index in [2.05, 4.69) is 36.0 Å². The van der Waals surface area contributed by atoms with Crippen molar-refractivity contribution in [2.24, 2.45) is 0 Å². The Bertz CT molecular complexity index is 586. The number of nitrogens with zero attached hydrogens (tertiary/aromatic N) is 2. The summed E-state index contributed by atoms with van der Waals surface area (Å²) in [6, 6.07) is 6.27. The van der Waals surface area contributed by atoms with Crippen LogP contribution in [0.3, 0.4) is 0 Å². The molecule has 100 valence electrons. The van der Waals surface area contributed by atoms with E-state index in [0.29, 0.717) is 16.0 Å². The standard InChI is InChI=1S/C11H7BrClF2N3O/c12-6-5-16-10(13)18-9(6)17-7-3-1-2-4-8(7)19-11(14)15/h1-5,11H,(H,16,17,18). The van der Waals surface area contributed by atoms with Gasteiger partial charge in [0, 0.05) is 6.20 Å². The van der Waals surface area contributed by atoms with E-state index in [1.807, 2.05) is 0 Å². The third-order valence-corrected chi connectivity index (χ3v) is 2.83. The minimum atomic E-state index is -2.90. The van der Waals surface area contributed by atoms with Crippen molar-refractivity contribution in [1.82, 2.24) is 9.97 Å². The molecule has 0 bridgehead atoms. The number of nitrogens with one attached hydrogen (secondary N) is 1. The first-order chi connectivity index (χ1) is 9.06. The molecule has 0 saturated heterocycles. The molecule has 0 unspecified atom stereocenters. The number of hydrogen-bond donors (Lipinski definition) is 1. The molecule has 0 amide bonds. The van der Waals surface area contributed by atoms with Crippen LogP contribution >= 0.6 is 27.5 Å². The zero-order chi connectivity index (χ0) is 13.8. The summed E-state index contributed by atoms with van der Waals surface area (Å²) < 4.78 is 29.5. The summed E-state index contributed by atoms with van der Waals surface area (Å²) >= 11 is 8.90. The number of ether oxygens (including phenoxy) is 1. The Morgan fingerprint density at radius 2 is 2.05 bits per heavy atom. The van der Waals surface area contributed by atoms with Crippen molar-refractivity contribution in [2.75, 3.05) is 5.32 Å². The summed E-state index contributed by atoms with van der Waals surface area (Å²) in [4.78, 5) is 7.71. The maximum atomic E-state index is 12.3. The average molecular weight is 351 g/mol. The lowest BCUT2D eigenvalue weighted by molar-refractivity contribution is -0.0493. The monoisotopic (exact) mass is 349 g/mol. The van der Waals surface area contributed by atoms with Crippen molar-refractivity contribution in [3.05, 3.63) is 40.2 Å². The molecule has 0 aliphatic heterocycles. The summed E-state index contributed by atoms with van der Waals surface area (Å²) in [6.45, 7) is -2.90. The van der Waals surface area contributed by atoms with Gasteiger partial charge in [0.1, 0.15) is 11.6 Å². The number of rotatable bonds is 4. The topological polar surface area (TPSA) is 47.0 Å². The van der Waals surface area contributed by atoms with Gasteiger partial charge in [-0.2, -0.15) is 13.8 Å². The van der Waals surface area contributed by atoms with Crippen molar-refractivity contribution in [3.8, 4) is 5.75 Å². The number of anilines is 2. The van der Waals surface area contributed by atoms with Crippen LogP contribution in [0.1, 0.15) is 0 Å². The Kier molecular flexibility index (Phi) is 4.49. The molecule has 4 nitrogen and oxygen atoms in total. The highest BCUT2D eigenvalue weighted by molar-refractivity contribution is 9.10. The van der Waals surface area contributed by atoms with Gasteiger partial charge in [0.15, 0.2) is 0 Å². The third kappa shape index (κ3) is 3.74. The first-order valence-corrected chi connectivity index (χ1v) is 6.22. The molecule has 8 heteroatoms. The summed E-state index contributed by atoms with van der Waals surface area (Å²) in [6.07, 6.45) is 1.45. The van der Waals surface area contributed by atoms with Gasteiger partial charge in [-0.25, -0.2) is 4.98 Å². The van der Waals surface area contributed by atoms with Gasteiger partial charge in [0.25, 0.3) is 0 Å². The molecule has 0 fully saturated rings. The SMILES string of the molecule is FC(F)Oc1ccccc1Nc1nc(Cl)ncc1Br. The van der Waals surface area contributed by atoms with Gasteiger partial charge in [-0.3, -0.25) is 0 Å². The minimum absolute atomic E-state index is 0.0131. The van der Waals surface area contributed by atoms with E-state index in [-0.39, 0.29) is 11.0 Å². The summed E-state index contributed by atoms with van der Waals surface area (Å²) in [5.74, 6) is 0.365. The molecule has 0 saturated carbocycles. The Labute approximate surface area is 120 Å². The molecule has 1 heterocycles. The van der Waals surface area contributed by atoms with Crippen LogP contribution in [0, 0.1) is 0 Å². The molecular formula is C11H7BrClF2N3O. The summed E-state index contributed by atoms with van der Waals surface area (Å²) in [7, 11) is 0. The summed E-state index contributed by atoms with van der Waals surface area (Å²) in [5, 5.41) is 2.89. The molecule has 2 aromatic rings. The molecular weight excluding hydrogens is 343 g/mol. The number of hydrogen-bond acceptors (Lipinski definition) is 4. The molecule has 0 aliphatic carbocycles. The maximum Gasteiger partial charge on any atom is 0.387 e. The van der Waals surface area contributed by atoms with Gasteiger partial charge >= 0.3 is 6.61 Å². The molecule has 1 aromatic heterocycles. The van der Waals surface area contributed by atoms with Crippen molar-refractivity contribution in [2.45, 2.75) is 6.61 Å². The second-order valence-corrected chi connectivity index (χ2v) is 4.53. The summed E-state index contributed by atoms with van der Waals surface area (Å²) in [5.41, 5.74) is 0.346. The Morgan fingerprint density at radius 1 is 1.32 bits per heavy atom. The van der Waals surface area contributed by atoms with Crippen LogP contribution in [0.25, 0.3) is 0 Å². The van der Waals surface area contributed by atoms with Gasteiger partial charge in [-0.15, -0.1) is 0 Å². The van der Waals surface area contributed by atoms with Crippen molar-refractivity contribution >= 4 is 39.0 Å². The van der Waals surface area contributed by atoms with E-state index in [1.54, 1.807) is 18.2 Å². The van der Waals surface area contributed by atoms with E-state index in [9.17, 15) is 8.78 Å². The molecule has 0 atom stereocenters. The highest BCUT2D eigenvalue weighted by atomic mass is 79.9. The van der Waals surface area contributed by atoms with Gasteiger partial charge in [0.05, 0.1) is 10.2 Å². The first kappa shape index (κ1) is 14.0. The van der Waals surface area contributed by atoms with E-state index >= 15 is 0 Å². The van der Waals surface area contributed by atoms with Crippen LogP contribution < -0.4 is 10.1 Å². The number of alkyl halides is 2. The quantitative estimate of drug-likeness (QED) is 0.838. The van der Waals surface area contributed by atoms with Crippen LogP contribution in [-0.2, 0) is 0 Å². The zero-order valence-corrected chi connectivity index (χ0v) is 11.6. The van der Waals surface area contributed by atoms with Crippen molar-refractivity contribution in [1.29, 1.82) is 0 Å². The second kappa shape index (κ2) is 6.12. The van der Waals surface area contributed by atoms with Crippen LogP contribution in [0.5, 0.6) is 5.75 Å². The number of halogens is 4. The Morgan fingerprint density at radius 3 is 2.79 bits per heavy atom. The molecule has 1 N–H and O–H groups in total. The number of aromatic nitrogens is 2. The van der Waals surface area contributed by atoms with Crippen LogP contribution in [0.15, 0.2) is 34.9 Å². The second-order valence-electron chi connectivity index (χ2n) is 3.34. The molecule has 1 aromatic carbocycles.